The van der Waals surface area contributed by atoms with Crippen LogP contribution in [-0.4, -0.2) is 24.7 Å². The first-order chi connectivity index (χ1) is 10.3. The maximum atomic E-state index is 12.1. The molecule has 0 amide bonds. The normalized spacial score (nSPS) is 11.8. The molecule has 0 aliphatic heterocycles. The van der Waals surface area contributed by atoms with Crippen LogP contribution in [0.2, 0.25) is 10.2 Å². The SMILES string of the molecule is Cc1ccc(S(=O)(=O)NCCCn2nc(C)c(Cl)c2Cl)cc1. The van der Waals surface area contributed by atoms with E-state index in [9.17, 15) is 8.42 Å². The van der Waals surface area contributed by atoms with Crippen LogP contribution < -0.4 is 4.72 Å². The summed E-state index contributed by atoms with van der Waals surface area (Å²) in [5.74, 6) is 0. The van der Waals surface area contributed by atoms with Gasteiger partial charge >= 0.3 is 0 Å². The molecule has 1 heterocycles. The Labute approximate surface area is 140 Å². The fourth-order valence-electron chi connectivity index (χ4n) is 1.92. The number of aromatic nitrogens is 2. The van der Waals surface area contributed by atoms with Crippen molar-refractivity contribution in [2.24, 2.45) is 0 Å². The number of hydrogen-bond donors (Lipinski definition) is 1. The molecule has 1 aromatic heterocycles. The minimum absolute atomic E-state index is 0.258. The third kappa shape index (κ3) is 4.01. The molecule has 22 heavy (non-hydrogen) atoms. The molecule has 1 aromatic carbocycles. The van der Waals surface area contributed by atoms with Crippen LogP contribution in [0.5, 0.6) is 0 Å². The van der Waals surface area contributed by atoms with Gasteiger partial charge in [-0.05, 0) is 32.4 Å². The summed E-state index contributed by atoms with van der Waals surface area (Å²) in [4.78, 5) is 0.258. The minimum Gasteiger partial charge on any atom is -0.252 e. The summed E-state index contributed by atoms with van der Waals surface area (Å²) in [7, 11) is -3.48. The molecule has 8 heteroatoms. The zero-order chi connectivity index (χ0) is 16.3. The molecule has 2 rings (SSSR count). The number of rotatable bonds is 6. The lowest BCUT2D eigenvalue weighted by Gasteiger charge is -2.07. The van der Waals surface area contributed by atoms with E-state index in [0.717, 1.165) is 5.56 Å². The Morgan fingerprint density at radius 2 is 1.82 bits per heavy atom. The average molecular weight is 362 g/mol. The molecule has 120 valence electrons. The summed E-state index contributed by atoms with van der Waals surface area (Å²) in [5.41, 5.74) is 1.67. The Kier molecular flexibility index (Phi) is 5.50. The van der Waals surface area contributed by atoms with Gasteiger partial charge < -0.3 is 0 Å². The van der Waals surface area contributed by atoms with Crippen LogP contribution in [0.1, 0.15) is 17.7 Å². The first-order valence-corrected chi connectivity index (χ1v) is 9.00. The fourth-order valence-corrected chi connectivity index (χ4v) is 3.38. The molecule has 0 saturated carbocycles. The molecule has 0 aliphatic carbocycles. The van der Waals surface area contributed by atoms with E-state index in [4.69, 9.17) is 23.2 Å². The van der Waals surface area contributed by atoms with Crippen LogP contribution in [0.25, 0.3) is 0 Å². The molecule has 2 aromatic rings. The predicted molar refractivity (Wildman–Crippen MR) is 88.0 cm³/mol. The van der Waals surface area contributed by atoms with E-state index >= 15 is 0 Å². The van der Waals surface area contributed by atoms with Gasteiger partial charge in [-0.2, -0.15) is 5.10 Å². The Bertz CT molecular complexity index is 755. The number of hydrogen-bond acceptors (Lipinski definition) is 3. The number of nitrogens with one attached hydrogen (secondary N) is 1. The minimum atomic E-state index is -3.48. The lowest BCUT2D eigenvalue weighted by atomic mass is 10.2. The van der Waals surface area contributed by atoms with Crippen LogP contribution in [0.3, 0.4) is 0 Å². The van der Waals surface area contributed by atoms with Crippen molar-refractivity contribution in [1.29, 1.82) is 0 Å². The van der Waals surface area contributed by atoms with Crippen molar-refractivity contribution in [2.45, 2.75) is 31.7 Å². The van der Waals surface area contributed by atoms with Crippen molar-refractivity contribution in [2.75, 3.05) is 6.54 Å². The molecule has 0 spiro atoms. The molecular formula is C14H17Cl2N3O2S. The number of aryl methyl sites for hydroxylation is 3. The first kappa shape index (κ1) is 17.3. The second kappa shape index (κ2) is 7.00. The van der Waals surface area contributed by atoms with Crippen molar-refractivity contribution in [3.8, 4) is 0 Å². The Hall–Kier alpha value is -1.08. The maximum absolute atomic E-state index is 12.1. The highest BCUT2D eigenvalue weighted by molar-refractivity contribution is 7.89. The molecule has 0 fully saturated rings. The zero-order valence-electron chi connectivity index (χ0n) is 12.3. The number of sulfonamides is 1. The number of benzene rings is 1. The van der Waals surface area contributed by atoms with Gasteiger partial charge in [0.15, 0.2) is 0 Å². The van der Waals surface area contributed by atoms with E-state index in [1.807, 2.05) is 6.92 Å². The molecule has 5 nitrogen and oxygen atoms in total. The van der Waals surface area contributed by atoms with Crippen LogP contribution in [0.4, 0.5) is 0 Å². The van der Waals surface area contributed by atoms with Crippen molar-refractivity contribution in [3.05, 3.63) is 45.7 Å². The second-order valence-electron chi connectivity index (χ2n) is 4.98. The van der Waals surface area contributed by atoms with Crippen LogP contribution in [0.15, 0.2) is 29.2 Å². The van der Waals surface area contributed by atoms with Crippen molar-refractivity contribution in [3.63, 3.8) is 0 Å². The quantitative estimate of drug-likeness (QED) is 0.803. The van der Waals surface area contributed by atoms with Gasteiger partial charge in [-0.3, -0.25) is 4.68 Å². The molecule has 0 saturated heterocycles. The van der Waals surface area contributed by atoms with Gasteiger partial charge in [-0.1, -0.05) is 40.9 Å². The van der Waals surface area contributed by atoms with E-state index in [2.05, 4.69) is 9.82 Å². The van der Waals surface area contributed by atoms with E-state index < -0.39 is 10.0 Å². The third-order valence-electron chi connectivity index (χ3n) is 3.17. The zero-order valence-corrected chi connectivity index (χ0v) is 14.6. The van der Waals surface area contributed by atoms with E-state index in [-0.39, 0.29) is 4.90 Å². The van der Waals surface area contributed by atoms with E-state index in [1.54, 1.807) is 35.9 Å². The van der Waals surface area contributed by atoms with Gasteiger partial charge in [0.1, 0.15) is 10.2 Å². The standard InChI is InChI=1S/C14H17Cl2N3O2S/c1-10-4-6-12(7-5-10)22(20,21)17-8-3-9-19-14(16)13(15)11(2)18-19/h4-7,17H,3,8-9H2,1-2H3. The second-order valence-corrected chi connectivity index (χ2v) is 7.48. The van der Waals surface area contributed by atoms with Gasteiger partial charge in [0, 0.05) is 13.1 Å². The van der Waals surface area contributed by atoms with Crippen molar-refractivity contribution < 1.29 is 8.42 Å². The molecule has 0 radical (unpaired) electrons. The van der Waals surface area contributed by atoms with Crippen LogP contribution in [0, 0.1) is 13.8 Å². The van der Waals surface area contributed by atoms with Gasteiger partial charge in [0.05, 0.1) is 10.6 Å². The van der Waals surface area contributed by atoms with Crippen LogP contribution >= 0.6 is 23.2 Å². The molecule has 0 bridgehead atoms. The largest absolute Gasteiger partial charge is 0.252 e. The topological polar surface area (TPSA) is 64.0 Å². The van der Waals surface area contributed by atoms with E-state index in [1.165, 1.54) is 0 Å². The number of halogens is 2. The smallest absolute Gasteiger partial charge is 0.240 e. The summed E-state index contributed by atoms with van der Waals surface area (Å²) in [6.07, 6.45) is 0.558. The predicted octanol–water partition coefficient (Wildman–Crippen LogP) is 3.18. The molecule has 0 atom stereocenters. The summed E-state index contributed by atoms with van der Waals surface area (Å²) in [5, 5.41) is 4.99. The molecular weight excluding hydrogens is 345 g/mol. The Morgan fingerprint density at radius 1 is 1.18 bits per heavy atom. The highest BCUT2D eigenvalue weighted by atomic mass is 35.5. The monoisotopic (exact) mass is 361 g/mol. The lowest BCUT2D eigenvalue weighted by molar-refractivity contribution is 0.551. The highest BCUT2D eigenvalue weighted by Crippen LogP contribution is 2.24. The van der Waals surface area contributed by atoms with Gasteiger partial charge in [0.2, 0.25) is 10.0 Å². The fraction of sp³-hybridized carbons (Fsp3) is 0.357. The van der Waals surface area contributed by atoms with E-state index in [0.29, 0.717) is 35.4 Å². The lowest BCUT2D eigenvalue weighted by Crippen LogP contribution is -2.25. The highest BCUT2D eigenvalue weighted by Gasteiger charge is 2.14. The molecule has 0 aliphatic rings. The van der Waals surface area contributed by atoms with Gasteiger partial charge in [-0.25, -0.2) is 13.1 Å². The maximum Gasteiger partial charge on any atom is 0.240 e. The van der Waals surface area contributed by atoms with Gasteiger partial charge in [0.25, 0.3) is 0 Å². The van der Waals surface area contributed by atoms with Crippen molar-refractivity contribution in [1.82, 2.24) is 14.5 Å². The average Bonchev–Trinajstić information content (AvgIpc) is 2.71. The molecule has 0 unspecified atom stereocenters. The van der Waals surface area contributed by atoms with Crippen LogP contribution in [-0.2, 0) is 16.6 Å². The summed E-state index contributed by atoms with van der Waals surface area (Å²) in [6, 6.07) is 6.71. The Morgan fingerprint density at radius 3 is 2.36 bits per heavy atom. The number of nitrogens with zero attached hydrogens (tertiary/aromatic N) is 2. The summed E-state index contributed by atoms with van der Waals surface area (Å²) >= 11 is 12.0. The molecule has 1 N–H and O–H groups in total. The summed E-state index contributed by atoms with van der Waals surface area (Å²) in [6.45, 7) is 4.46. The summed E-state index contributed by atoms with van der Waals surface area (Å²) < 4.78 is 28.3. The first-order valence-electron chi connectivity index (χ1n) is 6.76. The van der Waals surface area contributed by atoms with Crippen molar-refractivity contribution >= 4 is 33.2 Å². The Balaban J connectivity index is 1.90. The third-order valence-corrected chi connectivity index (χ3v) is 5.58. The van der Waals surface area contributed by atoms with Gasteiger partial charge in [-0.15, -0.1) is 0 Å².